The predicted octanol–water partition coefficient (Wildman–Crippen LogP) is 0.353. The van der Waals surface area contributed by atoms with Gasteiger partial charge in [-0.25, -0.2) is 4.98 Å². The minimum atomic E-state index is -0.295. The number of nitrogens with one attached hydrogen (secondary N) is 1. The van der Waals surface area contributed by atoms with Gasteiger partial charge in [0, 0.05) is 12.7 Å². The van der Waals surface area contributed by atoms with E-state index in [0.717, 1.165) is 24.6 Å². The molecular formula is C11H20N4O. The number of rotatable bonds is 6. The Kier molecular flexibility index (Phi) is 4.49. The summed E-state index contributed by atoms with van der Waals surface area (Å²) >= 11 is 0. The lowest BCUT2D eigenvalue weighted by Gasteiger charge is -2.14. The Morgan fingerprint density at radius 1 is 1.62 bits per heavy atom. The summed E-state index contributed by atoms with van der Waals surface area (Å²) < 4.78 is 2.04. The number of hydrogen-bond donors (Lipinski definition) is 2. The highest BCUT2D eigenvalue weighted by molar-refractivity contribution is 5.79. The third-order valence-corrected chi connectivity index (χ3v) is 2.55. The molecule has 0 fully saturated rings. The van der Waals surface area contributed by atoms with Gasteiger partial charge in [0.05, 0.1) is 11.7 Å². The van der Waals surface area contributed by atoms with Crippen molar-refractivity contribution in [3.8, 4) is 0 Å². The maximum absolute atomic E-state index is 11.1. The first-order valence-corrected chi connectivity index (χ1v) is 5.57. The van der Waals surface area contributed by atoms with Crippen molar-refractivity contribution in [2.45, 2.75) is 39.8 Å². The highest BCUT2D eigenvalue weighted by atomic mass is 16.1. The molecule has 3 N–H and O–H groups in total. The molecule has 0 aromatic carbocycles. The Bertz CT molecular complexity index is 359. The average molecular weight is 224 g/mol. The van der Waals surface area contributed by atoms with Crippen molar-refractivity contribution in [2.24, 2.45) is 5.73 Å². The number of hydrogen-bond acceptors (Lipinski definition) is 3. The molecular weight excluding hydrogens is 204 g/mol. The maximum atomic E-state index is 11.1. The van der Waals surface area contributed by atoms with E-state index in [0.29, 0.717) is 6.42 Å². The smallest absolute Gasteiger partial charge is 0.234 e. The third-order valence-electron chi connectivity index (χ3n) is 2.55. The summed E-state index contributed by atoms with van der Waals surface area (Å²) in [7, 11) is 0. The van der Waals surface area contributed by atoms with Crippen LogP contribution in [0.25, 0.3) is 0 Å². The lowest BCUT2D eigenvalue weighted by atomic mass is 10.2. The number of likely N-dealkylation sites (N-methyl/N-ethyl adjacent to an activating group) is 1. The molecule has 0 radical (unpaired) electrons. The van der Waals surface area contributed by atoms with Crippen molar-refractivity contribution in [3.05, 3.63) is 17.7 Å². The molecule has 0 aliphatic rings. The van der Waals surface area contributed by atoms with E-state index in [4.69, 9.17) is 5.73 Å². The van der Waals surface area contributed by atoms with E-state index in [2.05, 4.69) is 10.3 Å². The third kappa shape index (κ3) is 3.34. The number of nitrogens with two attached hydrogens (primary N) is 1. The lowest BCUT2D eigenvalue weighted by Crippen LogP contribution is -2.41. The number of carbonyl (C=O) groups excluding carboxylic acids is 1. The molecule has 0 bridgehead atoms. The Morgan fingerprint density at radius 2 is 2.31 bits per heavy atom. The number of primary amides is 1. The SMILES string of the molecule is CCNC(CCn1cc(C)nc1C)C(N)=O. The van der Waals surface area contributed by atoms with E-state index in [9.17, 15) is 4.79 Å². The van der Waals surface area contributed by atoms with Crippen LogP contribution in [0.5, 0.6) is 0 Å². The van der Waals surface area contributed by atoms with Gasteiger partial charge >= 0.3 is 0 Å². The van der Waals surface area contributed by atoms with Crippen LogP contribution in [0.15, 0.2) is 6.20 Å². The zero-order valence-electron chi connectivity index (χ0n) is 10.2. The van der Waals surface area contributed by atoms with Crippen LogP contribution in [0, 0.1) is 13.8 Å². The van der Waals surface area contributed by atoms with Gasteiger partial charge in [-0.1, -0.05) is 6.92 Å². The van der Waals surface area contributed by atoms with Crippen LogP contribution in [0.4, 0.5) is 0 Å². The predicted molar refractivity (Wildman–Crippen MR) is 63.0 cm³/mol. The second-order valence-corrected chi connectivity index (χ2v) is 3.92. The number of nitrogens with zero attached hydrogens (tertiary/aromatic N) is 2. The van der Waals surface area contributed by atoms with Crippen LogP contribution in [-0.2, 0) is 11.3 Å². The highest BCUT2D eigenvalue weighted by Gasteiger charge is 2.13. The highest BCUT2D eigenvalue weighted by Crippen LogP contribution is 2.04. The van der Waals surface area contributed by atoms with Crippen molar-refractivity contribution < 1.29 is 4.79 Å². The van der Waals surface area contributed by atoms with Crippen molar-refractivity contribution in [2.75, 3.05) is 6.54 Å². The number of amides is 1. The van der Waals surface area contributed by atoms with Crippen LogP contribution >= 0.6 is 0 Å². The van der Waals surface area contributed by atoms with Crippen LogP contribution in [0.2, 0.25) is 0 Å². The Labute approximate surface area is 96.0 Å². The molecule has 1 atom stereocenters. The van der Waals surface area contributed by atoms with Gasteiger partial charge < -0.3 is 15.6 Å². The zero-order chi connectivity index (χ0) is 12.1. The molecule has 16 heavy (non-hydrogen) atoms. The second-order valence-electron chi connectivity index (χ2n) is 3.92. The van der Waals surface area contributed by atoms with Crippen molar-refractivity contribution in [1.82, 2.24) is 14.9 Å². The van der Waals surface area contributed by atoms with Gasteiger partial charge in [0.15, 0.2) is 0 Å². The monoisotopic (exact) mass is 224 g/mol. The van der Waals surface area contributed by atoms with Gasteiger partial charge in [-0.3, -0.25) is 4.79 Å². The molecule has 0 aliphatic carbocycles. The van der Waals surface area contributed by atoms with Gasteiger partial charge in [0.2, 0.25) is 5.91 Å². The fraction of sp³-hybridized carbons (Fsp3) is 0.636. The molecule has 0 saturated carbocycles. The Balaban J connectivity index is 2.55. The second kappa shape index (κ2) is 5.65. The zero-order valence-corrected chi connectivity index (χ0v) is 10.2. The minimum absolute atomic E-state index is 0.257. The van der Waals surface area contributed by atoms with Crippen LogP contribution in [0.3, 0.4) is 0 Å². The van der Waals surface area contributed by atoms with Gasteiger partial charge in [0.1, 0.15) is 5.82 Å². The van der Waals surface area contributed by atoms with E-state index in [1.165, 1.54) is 0 Å². The average Bonchev–Trinajstić information content (AvgIpc) is 2.51. The molecule has 1 aromatic heterocycles. The summed E-state index contributed by atoms with van der Waals surface area (Å²) in [5, 5.41) is 3.07. The fourth-order valence-electron chi connectivity index (χ4n) is 1.75. The molecule has 0 saturated heterocycles. The van der Waals surface area contributed by atoms with E-state index >= 15 is 0 Å². The quantitative estimate of drug-likeness (QED) is 0.732. The summed E-state index contributed by atoms with van der Waals surface area (Å²) in [6.07, 6.45) is 2.68. The van der Waals surface area contributed by atoms with Crippen LogP contribution < -0.4 is 11.1 Å². The summed E-state index contributed by atoms with van der Waals surface area (Å²) in [5.41, 5.74) is 6.30. The largest absolute Gasteiger partial charge is 0.368 e. The van der Waals surface area contributed by atoms with Crippen LogP contribution in [-0.4, -0.2) is 28.0 Å². The number of aromatic nitrogens is 2. The molecule has 0 spiro atoms. The Morgan fingerprint density at radius 3 is 2.75 bits per heavy atom. The van der Waals surface area contributed by atoms with Gasteiger partial charge in [-0.15, -0.1) is 0 Å². The van der Waals surface area contributed by atoms with Crippen molar-refractivity contribution in [1.29, 1.82) is 0 Å². The number of imidazole rings is 1. The topological polar surface area (TPSA) is 72.9 Å². The summed E-state index contributed by atoms with van der Waals surface area (Å²) in [6.45, 7) is 7.38. The van der Waals surface area contributed by atoms with Gasteiger partial charge in [-0.05, 0) is 26.8 Å². The molecule has 1 unspecified atom stereocenters. The van der Waals surface area contributed by atoms with Gasteiger partial charge in [0.25, 0.3) is 0 Å². The van der Waals surface area contributed by atoms with Crippen LogP contribution in [0.1, 0.15) is 24.9 Å². The normalized spacial score (nSPS) is 12.7. The van der Waals surface area contributed by atoms with E-state index in [-0.39, 0.29) is 11.9 Å². The number of carbonyl (C=O) groups is 1. The van der Waals surface area contributed by atoms with Crippen molar-refractivity contribution in [3.63, 3.8) is 0 Å². The first-order valence-electron chi connectivity index (χ1n) is 5.57. The maximum Gasteiger partial charge on any atom is 0.234 e. The van der Waals surface area contributed by atoms with E-state index in [1.54, 1.807) is 0 Å². The minimum Gasteiger partial charge on any atom is -0.368 e. The molecule has 5 heteroatoms. The van der Waals surface area contributed by atoms with Crippen molar-refractivity contribution >= 4 is 5.91 Å². The number of aryl methyl sites for hydroxylation is 3. The lowest BCUT2D eigenvalue weighted by molar-refractivity contribution is -0.120. The Hall–Kier alpha value is -1.36. The molecule has 90 valence electrons. The first-order chi connectivity index (χ1) is 7.54. The summed E-state index contributed by atoms with van der Waals surface area (Å²) in [4.78, 5) is 15.4. The van der Waals surface area contributed by atoms with E-state index in [1.807, 2.05) is 31.5 Å². The van der Waals surface area contributed by atoms with E-state index < -0.39 is 0 Å². The molecule has 1 amide bonds. The first kappa shape index (κ1) is 12.7. The standard InChI is InChI=1S/C11H20N4O/c1-4-13-10(11(12)16)5-6-15-7-8(2)14-9(15)3/h7,10,13H,4-6H2,1-3H3,(H2,12,16). The molecule has 0 aliphatic heterocycles. The summed E-state index contributed by atoms with van der Waals surface area (Å²) in [6, 6.07) is -0.257. The molecule has 1 heterocycles. The molecule has 5 nitrogen and oxygen atoms in total. The van der Waals surface area contributed by atoms with Gasteiger partial charge in [-0.2, -0.15) is 0 Å². The molecule has 1 aromatic rings. The fourth-order valence-corrected chi connectivity index (χ4v) is 1.75. The summed E-state index contributed by atoms with van der Waals surface area (Å²) in [5.74, 6) is 0.675. The molecule has 1 rings (SSSR count).